The molecule has 4 atom stereocenters. The molecule has 2 rings (SSSR count). The Morgan fingerprint density at radius 3 is 2.56 bits per heavy atom. The van der Waals surface area contributed by atoms with Crippen LogP contribution in [0.4, 0.5) is 0 Å². The lowest BCUT2D eigenvalue weighted by Gasteiger charge is -2.18. The molecule has 0 bridgehead atoms. The maximum Gasteiger partial charge on any atom is 0.409 e. The SMILES string of the molecule is CCOP(=O)(OCC)N1C2C=CCC(O)C21. The first kappa shape index (κ1) is 12.3. The molecule has 1 N–H and O–H groups in total. The van der Waals surface area contributed by atoms with Crippen LogP contribution < -0.4 is 0 Å². The van der Waals surface area contributed by atoms with Crippen LogP contribution in [0.1, 0.15) is 20.3 Å². The first-order chi connectivity index (χ1) is 7.64. The van der Waals surface area contributed by atoms with E-state index in [-0.39, 0.29) is 12.1 Å². The number of fused-ring (bicyclic) bond motifs is 1. The molecule has 1 aliphatic carbocycles. The van der Waals surface area contributed by atoms with Crippen molar-refractivity contribution in [2.24, 2.45) is 0 Å². The van der Waals surface area contributed by atoms with E-state index in [1.165, 1.54) is 0 Å². The van der Waals surface area contributed by atoms with Crippen molar-refractivity contribution >= 4 is 7.75 Å². The fourth-order valence-electron chi connectivity index (χ4n) is 2.18. The molecule has 4 unspecified atom stereocenters. The Bertz CT molecular complexity index is 323. The van der Waals surface area contributed by atoms with Crippen molar-refractivity contribution < 1.29 is 18.7 Å². The smallest absolute Gasteiger partial charge is 0.391 e. The van der Waals surface area contributed by atoms with Crippen LogP contribution in [-0.2, 0) is 13.6 Å². The summed E-state index contributed by atoms with van der Waals surface area (Å²) in [7, 11) is -3.20. The van der Waals surface area contributed by atoms with E-state index < -0.39 is 13.9 Å². The number of aliphatic hydroxyl groups excluding tert-OH is 1. The van der Waals surface area contributed by atoms with Gasteiger partial charge in [-0.25, -0.2) is 4.57 Å². The third-order valence-corrected chi connectivity index (χ3v) is 5.11. The molecule has 1 fully saturated rings. The van der Waals surface area contributed by atoms with E-state index in [4.69, 9.17) is 9.05 Å². The summed E-state index contributed by atoms with van der Waals surface area (Å²) in [4.78, 5) is 0. The Hall–Kier alpha value is -0.190. The first-order valence-corrected chi connectivity index (χ1v) is 7.16. The molecule has 0 aromatic carbocycles. The zero-order chi connectivity index (χ0) is 11.8. The highest BCUT2D eigenvalue weighted by molar-refractivity contribution is 7.51. The Kier molecular flexibility index (Phi) is 3.52. The molecule has 6 heteroatoms. The molecule has 0 aromatic heterocycles. The van der Waals surface area contributed by atoms with Crippen molar-refractivity contribution in [1.82, 2.24) is 4.67 Å². The molecular formula is C10H18NO4P. The van der Waals surface area contributed by atoms with Crippen LogP contribution in [-0.4, -0.2) is 41.2 Å². The average molecular weight is 247 g/mol. The van der Waals surface area contributed by atoms with Crippen molar-refractivity contribution in [2.75, 3.05) is 13.2 Å². The van der Waals surface area contributed by atoms with E-state index in [1.54, 1.807) is 18.5 Å². The number of hydrogen-bond acceptors (Lipinski definition) is 4. The molecule has 1 saturated heterocycles. The number of hydrogen-bond donors (Lipinski definition) is 1. The second kappa shape index (κ2) is 4.59. The third-order valence-electron chi connectivity index (χ3n) is 2.84. The molecule has 5 nitrogen and oxygen atoms in total. The van der Waals surface area contributed by atoms with Crippen LogP contribution in [0.2, 0.25) is 0 Å². The van der Waals surface area contributed by atoms with Crippen molar-refractivity contribution in [2.45, 2.75) is 38.5 Å². The molecule has 0 amide bonds. The van der Waals surface area contributed by atoms with E-state index in [1.807, 2.05) is 12.2 Å². The van der Waals surface area contributed by atoms with Gasteiger partial charge in [-0.2, -0.15) is 4.67 Å². The number of aliphatic hydroxyl groups is 1. The van der Waals surface area contributed by atoms with Crippen molar-refractivity contribution in [3.05, 3.63) is 12.2 Å². The normalized spacial score (nSPS) is 37.2. The summed E-state index contributed by atoms with van der Waals surface area (Å²) in [6.45, 7) is 4.25. The lowest BCUT2D eigenvalue weighted by Crippen LogP contribution is -2.20. The van der Waals surface area contributed by atoms with E-state index in [0.29, 0.717) is 19.6 Å². The van der Waals surface area contributed by atoms with Crippen LogP contribution in [0.5, 0.6) is 0 Å². The first-order valence-electron chi connectivity index (χ1n) is 5.66. The van der Waals surface area contributed by atoms with Crippen LogP contribution in [0.3, 0.4) is 0 Å². The zero-order valence-corrected chi connectivity index (χ0v) is 10.5. The summed E-state index contributed by atoms with van der Waals surface area (Å²) < 4.78 is 24.6. The Labute approximate surface area is 95.6 Å². The molecule has 2 aliphatic rings. The lowest BCUT2D eigenvalue weighted by molar-refractivity contribution is 0.150. The summed E-state index contributed by atoms with van der Waals surface area (Å²) in [5.41, 5.74) is 0. The molecule has 92 valence electrons. The van der Waals surface area contributed by atoms with Crippen molar-refractivity contribution in [3.8, 4) is 0 Å². The van der Waals surface area contributed by atoms with Gasteiger partial charge in [-0.3, -0.25) is 9.05 Å². The van der Waals surface area contributed by atoms with E-state index in [9.17, 15) is 9.67 Å². The molecule has 0 aromatic rings. The van der Waals surface area contributed by atoms with E-state index in [0.717, 1.165) is 0 Å². The predicted octanol–water partition coefficient (Wildman–Crippen LogP) is 1.54. The van der Waals surface area contributed by atoms with Crippen LogP contribution in [0, 0.1) is 0 Å². The highest BCUT2D eigenvalue weighted by Crippen LogP contribution is 2.63. The zero-order valence-electron chi connectivity index (χ0n) is 9.57. The van der Waals surface area contributed by atoms with Gasteiger partial charge in [0.05, 0.1) is 31.4 Å². The van der Waals surface area contributed by atoms with Crippen LogP contribution in [0.25, 0.3) is 0 Å². The summed E-state index contributed by atoms with van der Waals surface area (Å²) in [5.74, 6) is 0. The summed E-state index contributed by atoms with van der Waals surface area (Å²) in [5, 5.41) is 9.76. The van der Waals surface area contributed by atoms with Gasteiger partial charge in [0.2, 0.25) is 0 Å². The topological polar surface area (TPSA) is 58.8 Å². The van der Waals surface area contributed by atoms with Gasteiger partial charge in [0.15, 0.2) is 0 Å². The largest absolute Gasteiger partial charge is 0.409 e. The summed E-state index contributed by atoms with van der Waals surface area (Å²) in [6.07, 6.45) is 4.01. The molecule has 1 heterocycles. The predicted molar refractivity (Wildman–Crippen MR) is 60.0 cm³/mol. The molecule has 0 spiro atoms. The number of nitrogens with zero attached hydrogens (tertiary/aromatic N) is 1. The number of rotatable bonds is 5. The fraction of sp³-hybridized carbons (Fsp3) is 0.800. The minimum Gasteiger partial charge on any atom is -0.391 e. The molecule has 16 heavy (non-hydrogen) atoms. The van der Waals surface area contributed by atoms with Gasteiger partial charge in [0.25, 0.3) is 0 Å². The highest BCUT2D eigenvalue weighted by Gasteiger charge is 2.61. The van der Waals surface area contributed by atoms with Gasteiger partial charge in [-0.1, -0.05) is 12.2 Å². The molecule has 0 saturated carbocycles. The average Bonchev–Trinajstić information content (AvgIpc) is 2.95. The Morgan fingerprint density at radius 2 is 2.06 bits per heavy atom. The van der Waals surface area contributed by atoms with Gasteiger partial charge in [0.1, 0.15) is 0 Å². The lowest BCUT2D eigenvalue weighted by atomic mass is 10.1. The Balaban J connectivity index is 2.12. The van der Waals surface area contributed by atoms with Crippen molar-refractivity contribution in [1.29, 1.82) is 0 Å². The molecular weight excluding hydrogens is 229 g/mol. The quantitative estimate of drug-likeness (QED) is 0.453. The van der Waals surface area contributed by atoms with E-state index in [2.05, 4.69) is 0 Å². The second-order valence-corrected chi connectivity index (χ2v) is 5.81. The Morgan fingerprint density at radius 1 is 1.44 bits per heavy atom. The van der Waals surface area contributed by atoms with Crippen molar-refractivity contribution in [3.63, 3.8) is 0 Å². The summed E-state index contributed by atoms with van der Waals surface area (Å²) >= 11 is 0. The van der Waals surface area contributed by atoms with Gasteiger partial charge in [0, 0.05) is 0 Å². The van der Waals surface area contributed by atoms with Gasteiger partial charge < -0.3 is 5.11 Å². The van der Waals surface area contributed by atoms with Gasteiger partial charge in [-0.15, -0.1) is 0 Å². The standard InChI is InChI=1S/C10H18NO4P/c1-3-14-16(13,15-4-2)11-8-6-5-7-9(12)10(8)11/h5-6,8-10,12H,3-4,7H2,1-2H3. The third kappa shape index (κ3) is 1.98. The minimum atomic E-state index is -3.20. The maximum atomic E-state index is 12.4. The van der Waals surface area contributed by atoms with Crippen LogP contribution >= 0.6 is 7.75 Å². The monoisotopic (exact) mass is 247 g/mol. The van der Waals surface area contributed by atoms with Crippen LogP contribution in [0.15, 0.2) is 12.2 Å². The van der Waals surface area contributed by atoms with Gasteiger partial charge >= 0.3 is 7.75 Å². The fourth-order valence-corrected chi connectivity index (χ4v) is 4.27. The van der Waals surface area contributed by atoms with E-state index >= 15 is 0 Å². The maximum absolute atomic E-state index is 12.4. The summed E-state index contributed by atoms with van der Waals surface area (Å²) in [6, 6.07) is -0.0957. The minimum absolute atomic E-state index is 0.00711. The second-order valence-electron chi connectivity index (χ2n) is 3.90. The van der Waals surface area contributed by atoms with Gasteiger partial charge in [-0.05, 0) is 20.3 Å². The highest BCUT2D eigenvalue weighted by atomic mass is 31.2. The molecule has 1 aliphatic heterocycles. The molecule has 0 radical (unpaired) electrons.